The lowest BCUT2D eigenvalue weighted by molar-refractivity contribution is 0.284. The first-order valence-corrected chi connectivity index (χ1v) is 6.82. The molecule has 2 rings (SSSR count). The molecule has 0 amide bonds. The highest BCUT2D eigenvalue weighted by molar-refractivity contribution is 6.32. The minimum atomic E-state index is 0.310. The number of oxime groups is 1. The Morgan fingerprint density at radius 1 is 1.24 bits per heavy atom. The third-order valence-electron chi connectivity index (χ3n) is 2.73. The van der Waals surface area contributed by atoms with E-state index in [1.807, 2.05) is 18.2 Å². The van der Waals surface area contributed by atoms with Crippen LogP contribution in [0.15, 0.2) is 41.6 Å². The Balaban J connectivity index is 2.23. The second-order valence-corrected chi connectivity index (χ2v) is 5.04. The number of benzene rings is 2. The number of rotatable bonds is 5. The predicted molar refractivity (Wildman–Crippen MR) is 83.2 cm³/mol. The first-order valence-electron chi connectivity index (χ1n) is 6.06. The van der Waals surface area contributed by atoms with Gasteiger partial charge in [0.2, 0.25) is 0 Å². The number of nitrogens with zero attached hydrogens (tertiary/aromatic N) is 1. The van der Waals surface area contributed by atoms with Gasteiger partial charge in [-0.25, -0.2) is 0 Å². The molecule has 0 aromatic heterocycles. The molecule has 21 heavy (non-hydrogen) atoms. The SMILES string of the molecule is COc1cc(/C=N\O)cc(Cl)c1OCc1cccc(Cl)c1. The zero-order valence-electron chi connectivity index (χ0n) is 11.2. The Hall–Kier alpha value is -1.91. The van der Waals surface area contributed by atoms with Crippen LogP contribution < -0.4 is 9.47 Å². The molecule has 0 aliphatic carbocycles. The highest BCUT2D eigenvalue weighted by atomic mass is 35.5. The molecule has 2 aromatic carbocycles. The summed E-state index contributed by atoms with van der Waals surface area (Å²) < 4.78 is 11.0. The van der Waals surface area contributed by atoms with Crippen LogP contribution in [0.4, 0.5) is 0 Å². The van der Waals surface area contributed by atoms with Gasteiger partial charge >= 0.3 is 0 Å². The lowest BCUT2D eigenvalue weighted by atomic mass is 10.2. The number of hydrogen-bond donors (Lipinski definition) is 1. The molecule has 0 bridgehead atoms. The van der Waals surface area contributed by atoms with E-state index in [1.165, 1.54) is 13.3 Å². The quantitative estimate of drug-likeness (QED) is 0.504. The van der Waals surface area contributed by atoms with E-state index in [9.17, 15) is 0 Å². The van der Waals surface area contributed by atoms with Crippen LogP contribution in [0.1, 0.15) is 11.1 Å². The van der Waals surface area contributed by atoms with E-state index in [1.54, 1.807) is 18.2 Å². The van der Waals surface area contributed by atoms with Crippen molar-refractivity contribution < 1.29 is 14.7 Å². The molecule has 0 aliphatic heterocycles. The monoisotopic (exact) mass is 325 g/mol. The summed E-state index contributed by atoms with van der Waals surface area (Å²) >= 11 is 12.1. The molecular formula is C15H13Cl2NO3. The van der Waals surface area contributed by atoms with E-state index in [4.69, 9.17) is 37.9 Å². The molecule has 0 fully saturated rings. The first kappa shape index (κ1) is 15.5. The topological polar surface area (TPSA) is 51.0 Å². The maximum Gasteiger partial charge on any atom is 0.180 e. The van der Waals surface area contributed by atoms with Gasteiger partial charge in [0.15, 0.2) is 11.5 Å². The van der Waals surface area contributed by atoms with Gasteiger partial charge < -0.3 is 14.7 Å². The van der Waals surface area contributed by atoms with Crippen LogP contribution in [0.3, 0.4) is 0 Å². The van der Waals surface area contributed by atoms with Crippen LogP contribution in [-0.2, 0) is 6.61 Å². The van der Waals surface area contributed by atoms with Crippen molar-refractivity contribution in [3.05, 3.63) is 57.6 Å². The van der Waals surface area contributed by atoms with Crippen LogP contribution in [0.5, 0.6) is 11.5 Å². The number of halogens is 2. The Bertz CT molecular complexity index is 659. The minimum Gasteiger partial charge on any atom is -0.493 e. The smallest absolute Gasteiger partial charge is 0.180 e. The number of hydrogen-bond acceptors (Lipinski definition) is 4. The Kier molecular flexibility index (Phi) is 5.31. The summed E-state index contributed by atoms with van der Waals surface area (Å²) in [6.45, 7) is 0.310. The van der Waals surface area contributed by atoms with Crippen molar-refractivity contribution in [3.8, 4) is 11.5 Å². The van der Waals surface area contributed by atoms with Crippen LogP contribution in [0.25, 0.3) is 0 Å². The molecule has 0 aliphatic rings. The van der Waals surface area contributed by atoms with Crippen molar-refractivity contribution in [2.45, 2.75) is 6.61 Å². The molecule has 2 aromatic rings. The molecule has 0 heterocycles. The lowest BCUT2D eigenvalue weighted by Crippen LogP contribution is -1.99. The molecule has 0 atom stereocenters. The second-order valence-electron chi connectivity index (χ2n) is 4.20. The normalized spacial score (nSPS) is 10.8. The van der Waals surface area contributed by atoms with Gasteiger partial charge in [-0.15, -0.1) is 0 Å². The average molecular weight is 326 g/mol. The van der Waals surface area contributed by atoms with Crippen LogP contribution >= 0.6 is 23.2 Å². The van der Waals surface area contributed by atoms with E-state index in [-0.39, 0.29) is 0 Å². The maximum absolute atomic E-state index is 8.56. The van der Waals surface area contributed by atoms with E-state index < -0.39 is 0 Å². The minimum absolute atomic E-state index is 0.310. The molecule has 0 radical (unpaired) electrons. The van der Waals surface area contributed by atoms with E-state index in [2.05, 4.69) is 5.16 Å². The number of ether oxygens (including phenoxy) is 2. The van der Waals surface area contributed by atoms with Gasteiger partial charge in [0.05, 0.1) is 18.3 Å². The first-order chi connectivity index (χ1) is 10.1. The molecule has 0 spiro atoms. The predicted octanol–water partition coefficient (Wildman–Crippen LogP) is 4.39. The van der Waals surface area contributed by atoms with Crippen molar-refractivity contribution in [2.24, 2.45) is 5.16 Å². The van der Waals surface area contributed by atoms with Gasteiger partial charge in [0.25, 0.3) is 0 Å². The maximum atomic E-state index is 8.56. The van der Waals surface area contributed by atoms with Crippen molar-refractivity contribution in [1.82, 2.24) is 0 Å². The van der Waals surface area contributed by atoms with Crippen molar-refractivity contribution in [3.63, 3.8) is 0 Å². The second kappa shape index (κ2) is 7.20. The Labute approximate surface area is 132 Å². The molecule has 110 valence electrons. The largest absolute Gasteiger partial charge is 0.493 e. The highest BCUT2D eigenvalue weighted by Crippen LogP contribution is 2.36. The molecule has 4 nitrogen and oxygen atoms in total. The summed E-state index contributed by atoms with van der Waals surface area (Å²) in [6, 6.07) is 10.6. The van der Waals surface area contributed by atoms with Gasteiger partial charge in [-0.1, -0.05) is 40.5 Å². The van der Waals surface area contributed by atoms with Crippen LogP contribution in [0, 0.1) is 0 Å². The average Bonchev–Trinajstić information content (AvgIpc) is 2.46. The van der Waals surface area contributed by atoms with Crippen molar-refractivity contribution in [1.29, 1.82) is 0 Å². The van der Waals surface area contributed by atoms with Crippen LogP contribution in [-0.4, -0.2) is 18.5 Å². The fraction of sp³-hybridized carbons (Fsp3) is 0.133. The molecular weight excluding hydrogens is 313 g/mol. The number of methoxy groups -OCH3 is 1. The van der Waals surface area contributed by atoms with Gasteiger partial charge in [-0.05, 0) is 29.8 Å². The standard InChI is InChI=1S/C15H13Cl2NO3/c1-20-14-7-11(8-18-19)6-13(17)15(14)21-9-10-3-2-4-12(16)5-10/h2-8,19H,9H2,1H3/b18-8-. The Morgan fingerprint density at radius 3 is 2.71 bits per heavy atom. The zero-order valence-corrected chi connectivity index (χ0v) is 12.7. The van der Waals surface area contributed by atoms with Gasteiger partial charge in [-0.2, -0.15) is 0 Å². The van der Waals surface area contributed by atoms with Gasteiger partial charge in [0.1, 0.15) is 6.61 Å². The summed E-state index contributed by atoms with van der Waals surface area (Å²) in [6.07, 6.45) is 1.26. The molecule has 0 saturated heterocycles. The zero-order chi connectivity index (χ0) is 15.2. The third kappa shape index (κ3) is 4.03. The van der Waals surface area contributed by atoms with Crippen molar-refractivity contribution >= 4 is 29.4 Å². The van der Waals surface area contributed by atoms with E-state index in [0.717, 1.165) is 5.56 Å². The fourth-order valence-corrected chi connectivity index (χ4v) is 2.29. The lowest BCUT2D eigenvalue weighted by Gasteiger charge is -2.13. The molecule has 6 heteroatoms. The molecule has 0 unspecified atom stereocenters. The van der Waals surface area contributed by atoms with Crippen molar-refractivity contribution in [2.75, 3.05) is 7.11 Å². The van der Waals surface area contributed by atoms with Crippen LogP contribution in [0.2, 0.25) is 10.0 Å². The highest BCUT2D eigenvalue weighted by Gasteiger charge is 2.12. The van der Waals surface area contributed by atoms with E-state index in [0.29, 0.717) is 33.7 Å². The Morgan fingerprint density at radius 2 is 2.05 bits per heavy atom. The summed E-state index contributed by atoms with van der Waals surface area (Å²) in [5.41, 5.74) is 1.52. The summed E-state index contributed by atoms with van der Waals surface area (Å²) in [7, 11) is 1.51. The summed E-state index contributed by atoms with van der Waals surface area (Å²) in [5.74, 6) is 0.883. The molecule has 0 saturated carbocycles. The van der Waals surface area contributed by atoms with Gasteiger partial charge in [-0.3, -0.25) is 0 Å². The summed E-state index contributed by atoms with van der Waals surface area (Å²) in [5, 5.41) is 12.5. The van der Waals surface area contributed by atoms with E-state index >= 15 is 0 Å². The third-order valence-corrected chi connectivity index (χ3v) is 3.25. The van der Waals surface area contributed by atoms with Gasteiger partial charge in [0, 0.05) is 10.6 Å². The summed E-state index contributed by atoms with van der Waals surface area (Å²) in [4.78, 5) is 0. The molecule has 1 N–H and O–H groups in total. The fourth-order valence-electron chi connectivity index (χ4n) is 1.80.